The number of phenols is 1. The van der Waals surface area contributed by atoms with Crippen molar-refractivity contribution in [2.45, 2.75) is 0 Å². The van der Waals surface area contributed by atoms with Gasteiger partial charge in [0, 0.05) is 0 Å². The molecule has 0 saturated heterocycles. The molecule has 0 aliphatic rings. The van der Waals surface area contributed by atoms with E-state index in [2.05, 4.69) is 0 Å². The predicted octanol–water partition coefficient (Wildman–Crippen LogP) is 1.32. The van der Waals surface area contributed by atoms with Crippen LogP contribution < -0.4 is 5.11 Å². The molecule has 0 aliphatic heterocycles. The lowest BCUT2D eigenvalue weighted by atomic mass is 10.0. The van der Waals surface area contributed by atoms with E-state index in [1.54, 1.807) is 12.1 Å². The molecule has 0 atom stereocenters. The van der Waals surface area contributed by atoms with E-state index >= 15 is 0 Å². The molecule has 0 aromatic heterocycles. The van der Waals surface area contributed by atoms with Gasteiger partial charge < -0.3 is 15.3 Å². The fourth-order valence-corrected chi connectivity index (χ4v) is 1.51. The molecule has 15 heavy (non-hydrogen) atoms. The van der Waals surface area contributed by atoms with Crippen LogP contribution >= 0.6 is 0 Å². The maximum absolute atomic E-state index is 11.5. The van der Waals surface area contributed by atoms with Crippen LogP contribution in [-0.2, 0) is 0 Å². The fraction of sp³-hybridized carbons (Fsp3) is 0. The molecule has 4 nitrogen and oxygen atoms in total. The second kappa shape index (κ2) is 3.16. The standard InChI is InChI=1S/C11H8O4/c12-8-5-4-6-2-1-3-7(11(14)15)9(6)10(8)13/h1-5,12-13H,(H,14,15)/p-1. The molecule has 0 radical (unpaired) electrons. The summed E-state index contributed by atoms with van der Waals surface area (Å²) in [4.78, 5) is 10.9. The topological polar surface area (TPSA) is 80.6 Å². The number of aromatic hydroxyl groups is 1. The van der Waals surface area contributed by atoms with Crippen molar-refractivity contribution >= 4 is 16.7 Å². The van der Waals surface area contributed by atoms with Gasteiger partial charge in [-0.3, -0.25) is 0 Å². The van der Waals surface area contributed by atoms with Gasteiger partial charge >= 0.3 is 5.97 Å². The van der Waals surface area contributed by atoms with E-state index in [1.807, 2.05) is 0 Å². The molecule has 0 saturated carbocycles. The average Bonchev–Trinajstić information content (AvgIpc) is 2.23. The average molecular weight is 203 g/mol. The molecule has 2 N–H and O–H groups in total. The lowest BCUT2D eigenvalue weighted by Crippen LogP contribution is -2.01. The molecule has 2 aromatic rings. The van der Waals surface area contributed by atoms with Crippen LogP contribution in [0.3, 0.4) is 0 Å². The second-order valence-electron chi connectivity index (χ2n) is 3.12. The number of benzene rings is 2. The Morgan fingerprint density at radius 2 is 1.93 bits per heavy atom. The van der Waals surface area contributed by atoms with Crippen LogP contribution in [0.2, 0.25) is 0 Å². The van der Waals surface area contributed by atoms with Crippen LogP contribution in [0.15, 0.2) is 30.3 Å². The molecule has 0 heterocycles. The van der Waals surface area contributed by atoms with Crippen molar-refractivity contribution in [1.29, 1.82) is 0 Å². The summed E-state index contributed by atoms with van der Waals surface area (Å²) >= 11 is 0. The Bertz CT molecular complexity index is 546. The summed E-state index contributed by atoms with van der Waals surface area (Å²) in [5, 5.41) is 30.2. The maximum atomic E-state index is 11.5. The van der Waals surface area contributed by atoms with Gasteiger partial charge in [0.1, 0.15) is 5.75 Å². The minimum atomic E-state index is -1.18. The third kappa shape index (κ3) is 1.36. The van der Waals surface area contributed by atoms with Crippen molar-refractivity contribution in [1.82, 2.24) is 0 Å². The molecule has 0 bridgehead atoms. The molecular formula is C11H7O4-. The number of hydrogen-bond acceptors (Lipinski definition) is 3. The van der Waals surface area contributed by atoms with E-state index in [-0.39, 0.29) is 10.9 Å². The van der Waals surface area contributed by atoms with Crippen molar-refractivity contribution in [3.8, 4) is 11.5 Å². The van der Waals surface area contributed by atoms with Crippen LogP contribution in [0.25, 0.3) is 10.8 Å². The number of fused-ring (bicyclic) bond motifs is 1. The summed E-state index contributed by atoms with van der Waals surface area (Å²) in [5.41, 5.74) is -0.0894. The first-order valence-corrected chi connectivity index (χ1v) is 4.26. The number of carboxylic acid groups (broad SMARTS) is 1. The van der Waals surface area contributed by atoms with Crippen LogP contribution in [0.5, 0.6) is 11.5 Å². The van der Waals surface area contributed by atoms with Crippen molar-refractivity contribution < 1.29 is 20.1 Å². The zero-order chi connectivity index (χ0) is 11.0. The number of hydrogen-bond donors (Lipinski definition) is 2. The van der Waals surface area contributed by atoms with Crippen LogP contribution in [0, 0.1) is 0 Å². The molecule has 0 spiro atoms. The third-order valence-corrected chi connectivity index (χ3v) is 2.21. The van der Waals surface area contributed by atoms with Crippen LogP contribution in [0.4, 0.5) is 0 Å². The minimum Gasteiger partial charge on any atom is -0.870 e. The van der Waals surface area contributed by atoms with E-state index in [1.165, 1.54) is 18.2 Å². The normalized spacial score (nSPS) is 10.4. The highest BCUT2D eigenvalue weighted by atomic mass is 16.4. The Hall–Kier alpha value is -2.23. The summed E-state index contributed by atoms with van der Waals surface area (Å²) in [5.74, 6) is -2.26. The van der Waals surface area contributed by atoms with Gasteiger partial charge in [-0.05, 0) is 22.9 Å². The molecule has 76 valence electrons. The molecule has 0 fully saturated rings. The Kier molecular flexibility index (Phi) is 1.97. The van der Waals surface area contributed by atoms with Crippen molar-refractivity contribution in [2.24, 2.45) is 0 Å². The number of rotatable bonds is 1. The van der Waals surface area contributed by atoms with Gasteiger partial charge in [-0.2, -0.15) is 0 Å². The summed E-state index contributed by atoms with van der Waals surface area (Å²) in [6, 6.07) is 7.30. The second-order valence-corrected chi connectivity index (χ2v) is 3.12. The van der Waals surface area contributed by atoms with E-state index in [0.29, 0.717) is 5.39 Å². The zero-order valence-electron chi connectivity index (χ0n) is 7.60. The fourth-order valence-electron chi connectivity index (χ4n) is 1.51. The number of aromatic carboxylic acids is 1. The van der Waals surface area contributed by atoms with Gasteiger partial charge in [-0.1, -0.05) is 23.9 Å². The first-order valence-electron chi connectivity index (χ1n) is 4.26. The van der Waals surface area contributed by atoms with Crippen molar-refractivity contribution in [3.05, 3.63) is 35.9 Å². The SMILES string of the molecule is O=C(O)c1cccc2ccc(O)c([O-])c12. The quantitative estimate of drug-likeness (QED) is 0.732. The van der Waals surface area contributed by atoms with Crippen LogP contribution in [-0.4, -0.2) is 16.2 Å². The van der Waals surface area contributed by atoms with Gasteiger partial charge in [0.25, 0.3) is 0 Å². The Morgan fingerprint density at radius 1 is 1.20 bits per heavy atom. The summed E-state index contributed by atoms with van der Waals surface area (Å²) in [7, 11) is 0. The molecular weight excluding hydrogens is 196 g/mol. The van der Waals surface area contributed by atoms with Gasteiger partial charge in [-0.15, -0.1) is 0 Å². The van der Waals surface area contributed by atoms with Crippen LogP contribution in [0.1, 0.15) is 10.4 Å². The number of carbonyl (C=O) groups is 1. The Morgan fingerprint density at radius 3 is 2.60 bits per heavy atom. The lowest BCUT2D eigenvalue weighted by molar-refractivity contribution is -0.267. The first-order chi connectivity index (χ1) is 7.11. The largest absolute Gasteiger partial charge is 0.870 e. The zero-order valence-corrected chi connectivity index (χ0v) is 7.60. The Balaban J connectivity index is 2.94. The number of carboxylic acids is 1. The molecule has 4 heteroatoms. The van der Waals surface area contributed by atoms with E-state index in [4.69, 9.17) is 5.11 Å². The van der Waals surface area contributed by atoms with E-state index < -0.39 is 17.5 Å². The van der Waals surface area contributed by atoms with Gasteiger partial charge in [0.05, 0.1) is 5.56 Å². The van der Waals surface area contributed by atoms with E-state index in [9.17, 15) is 15.0 Å². The molecule has 0 aliphatic carbocycles. The molecule has 2 aromatic carbocycles. The maximum Gasteiger partial charge on any atom is 0.336 e. The number of phenolic OH excluding ortho intramolecular Hbond substituents is 1. The third-order valence-electron chi connectivity index (χ3n) is 2.21. The lowest BCUT2D eigenvalue weighted by Gasteiger charge is -2.14. The van der Waals surface area contributed by atoms with Crippen molar-refractivity contribution in [3.63, 3.8) is 0 Å². The highest BCUT2D eigenvalue weighted by Gasteiger charge is 2.09. The van der Waals surface area contributed by atoms with Crippen molar-refractivity contribution in [2.75, 3.05) is 0 Å². The van der Waals surface area contributed by atoms with Gasteiger partial charge in [-0.25, -0.2) is 4.79 Å². The summed E-state index contributed by atoms with van der Waals surface area (Å²) < 4.78 is 0. The molecule has 0 amide bonds. The van der Waals surface area contributed by atoms with E-state index in [0.717, 1.165) is 0 Å². The minimum absolute atomic E-state index is 0.0463. The van der Waals surface area contributed by atoms with Gasteiger partial charge in [0.15, 0.2) is 0 Å². The first kappa shape index (κ1) is 9.33. The highest BCUT2D eigenvalue weighted by molar-refractivity contribution is 6.06. The molecule has 2 rings (SSSR count). The summed E-state index contributed by atoms with van der Waals surface area (Å²) in [6.07, 6.45) is 0. The summed E-state index contributed by atoms with van der Waals surface area (Å²) in [6.45, 7) is 0. The Labute approximate surface area is 85.0 Å². The predicted molar refractivity (Wildman–Crippen MR) is 52.0 cm³/mol. The highest BCUT2D eigenvalue weighted by Crippen LogP contribution is 2.33. The monoisotopic (exact) mass is 203 g/mol. The smallest absolute Gasteiger partial charge is 0.336 e. The molecule has 0 unspecified atom stereocenters. The van der Waals surface area contributed by atoms with Gasteiger partial charge in [0.2, 0.25) is 0 Å².